The monoisotopic (exact) mass is 377 g/mol. The minimum atomic E-state index is -0.722. The van der Waals surface area contributed by atoms with Crippen LogP contribution in [0.3, 0.4) is 0 Å². The number of thiazole rings is 1. The topological polar surface area (TPSA) is 107 Å². The average Bonchev–Trinajstić information content (AvgIpc) is 3.03. The first-order valence-corrected chi connectivity index (χ1v) is 8.75. The number of ether oxygens (including phenoxy) is 2. The van der Waals surface area contributed by atoms with Gasteiger partial charge in [-0.3, -0.25) is 10.1 Å². The molecule has 0 fully saturated rings. The van der Waals surface area contributed by atoms with Gasteiger partial charge >= 0.3 is 12.0 Å². The first kappa shape index (κ1) is 19.4. The van der Waals surface area contributed by atoms with Crippen molar-refractivity contribution in [2.24, 2.45) is 0 Å². The van der Waals surface area contributed by atoms with Gasteiger partial charge in [-0.15, -0.1) is 11.3 Å². The predicted octanol–water partition coefficient (Wildman–Crippen LogP) is 2.03. The summed E-state index contributed by atoms with van der Waals surface area (Å²) in [6.45, 7) is 3.63. The number of imide groups is 1. The molecule has 0 radical (unpaired) electrons. The fourth-order valence-electron chi connectivity index (χ4n) is 1.96. The molecule has 0 spiro atoms. The molecule has 2 rings (SSSR count). The summed E-state index contributed by atoms with van der Waals surface area (Å²) in [7, 11) is 0. The van der Waals surface area contributed by atoms with Gasteiger partial charge in [0.15, 0.2) is 6.61 Å². The number of benzene rings is 1. The van der Waals surface area contributed by atoms with Crippen molar-refractivity contribution in [3.63, 3.8) is 0 Å². The minimum Gasteiger partial charge on any atom is -0.486 e. The van der Waals surface area contributed by atoms with E-state index in [-0.39, 0.29) is 12.2 Å². The molecule has 0 aliphatic carbocycles. The lowest BCUT2D eigenvalue weighted by molar-refractivity contribution is -0.123. The Hall–Kier alpha value is -2.94. The fraction of sp³-hybridized carbons (Fsp3) is 0.294. The first-order valence-electron chi connectivity index (χ1n) is 7.87. The second kappa shape index (κ2) is 9.52. The highest BCUT2D eigenvalue weighted by molar-refractivity contribution is 7.09. The third-order valence-electron chi connectivity index (χ3n) is 3.07. The lowest BCUT2D eigenvalue weighted by atomic mass is 10.2. The Bertz CT molecular complexity index is 790. The molecular formula is C17H19N3O5S. The van der Waals surface area contributed by atoms with Crippen LogP contribution in [-0.4, -0.2) is 36.0 Å². The third kappa shape index (κ3) is 5.85. The smallest absolute Gasteiger partial charge is 0.342 e. The van der Waals surface area contributed by atoms with E-state index < -0.39 is 24.5 Å². The molecule has 2 N–H and O–H groups in total. The number of esters is 1. The summed E-state index contributed by atoms with van der Waals surface area (Å²) < 4.78 is 10.6. The van der Waals surface area contributed by atoms with E-state index in [1.807, 2.05) is 17.6 Å². The summed E-state index contributed by atoms with van der Waals surface area (Å²) in [4.78, 5) is 39.3. The molecule has 9 heteroatoms. The van der Waals surface area contributed by atoms with Gasteiger partial charge in [0.25, 0.3) is 5.91 Å². The van der Waals surface area contributed by atoms with Crippen molar-refractivity contribution in [2.75, 3.05) is 13.2 Å². The molecule has 1 aromatic heterocycles. The molecule has 3 amide bonds. The zero-order valence-corrected chi connectivity index (χ0v) is 15.2. The number of amides is 3. The molecule has 8 nitrogen and oxygen atoms in total. The Labute approximate surface area is 154 Å². The van der Waals surface area contributed by atoms with E-state index in [1.54, 1.807) is 25.1 Å². The molecule has 138 valence electrons. The van der Waals surface area contributed by atoms with Gasteiger partial charge in [0.05, 0.1) is 10.7 Å². The highest BCUT2D eigenvalue weighted by Gasteiger charge is 2.16. The van der Waals surface area contributed by atoms with E-state index in [9.17, 15) is 14.4 Å². The number of aromatic nitrogens is 1. The van der Waals surface area contributed by atoms with Gasteiger partial charge in [-0.05, 0) is 26.0 Å². The normalized spacial score (nSPS) is 10.1. The standard InChI is InChI=1S/C17H19N3O5S/c1-3-18-17(23)20-15(21)9-25-16(22)13-6-4-5-7-14(13)24-8-12-10-26-11(2)19-12/h4-7,10H,3,8-9H2,1-2H3,(H2,18,20,21,23). The highest BCUT2D eigenvalue weighted by Crippen LogP contribution is 2.20. The van der Waals surface area contributed by atoms with Gasteiger partial charge < -0.3 is 14.8 Å². The molecular weight excluding hydrogens is 358 g/mol. The fourth-order valence-corrected chi connectivity index (χ4v) is 2.56. The highest BCUT2D eigenvalue weighted by atomic mass is 32.1. The molecule has 26 heavy (non-hydrogen) atoms. The van der Waals surface area contributed by atoms with Crippen molar-refractivity contribution in [1.29, 1.82) is 0 Å². The van der Waals surface area contributed by atoms with Gasteiger partial charge in [-0.25, -0.2) is 14.6 Å². The van der Waals surface area contributed by atoms with Gasteiger partial charge in [0, 0.05) is 11.9 Å². The van der Waals surface area contributed by atoms with E-state index in [2.05, 4.69) is 10.3 Å². The van der Waals surface area contributed by atoms with Crippen molar-refractivity contribution < 1.29 is 23.9 Å². The molecule has 1 heterocycles. The minimum absolute atomic E-state index is 0.185. The number of rotatable bonds is 7. The molecule has 0 aliphatic heterocycles. The summed E-state index contributed by atoms with van der Waals surface area (Å²) in [5, 5.41) is 7.25. The summed E-state index contributed by atoms with van der Waals surface area (Å²) in [5.74, 6) is -1.12. The summed E-state index contributed by atoms with van der Waals surface area (Å²) in [6.07, 6.45) is 0. The average molecular weight is 377 g/mol. The molecule has 0 bridgehead atoms. The molecule has 0 aliphatic rings. The number of carbonyl (C=O) groups is 3. The van der Waals surface area contributed by atoms with Crippen LogP contribution in [0.2, 0.25) is 0 Å². The number of aryl methyl sites for hydroxylation is 1. The SMILES string of the molecule is CCNC(=O)NC(=O)COC(=O)c1ccccc1OCc1csc(C)n1. The molecule has 0 saturated carbocycles. The van der Waals surface area contributed by atoms with Crippen LogP contribution in [0.25, 0.3) is 0 Å². The number of hydrogen-bond acceptors (Lipinski definition) is 7. The van der Waals surface area contributed by atoms with Crippen LogP contribution in [0.4, 0.5) is 4.79 Å². The summed E-state index contributed by atoms with van der Waals surface area (Å²) in [6, 6.07) is 5.90. The van der Waals surface area contributed by atoms with E-state index in [0.29, 0.717) is 12.3 Å². The van der Waals surface area contributed by atoms with E-state index in [4.69, 9.17) is 9.47 Å². The number of carbonyl (C=O) groups excluding carboxylic acids is 3. The van der Waals surface area contributed by atoms with Crippen LogP contribution < -0.4 is 15.4 Å². The van der Waals surface area contributed by atoms with E-state index >= 15 is 0 Å². The Morgan fingerprint density at radius 3 is 2.69 bits per heavy atom. The van der Waals surface area contributed by atoms with Crippen molar-refractivity contribution in [3.8, 4) is 5.75 Å². The first-order chi connectivity index (χ1) is 12.5. The maximum atomic E-state index is 12.2. The maximum Gasteiger partial charge on any atom is 0.342 e. The number of urea groups is 1. The van der Waals surface area contributed by atoms with Gasteiger partial charge in [0.2, 0.25) is 0 Å². The van der Waals surface area contributed by atoms with Crippen LogP contribution >= 0.6 is 11.3 Å². The van der Waals surface area contributed by atoms with E-state index in [0.717, 1.165) is 10.7 Å². The molecule has 0 saturated heterocycles. The quantitative estimate of drug-likeness (QED) is 0.715. The van der Waals surface area contributed by atoms with E-state index in [1.165, 1.54) is 17.4 Å². The largest absolute Gasteiger partial charge is 0.486 e. The zero-order chi connectivity index (χ0) is 18.9. The van der Waals surface area contributed by atoms with Crippen LogP contribution in [0.15, 0.2) is 29.6 Å². The number of para-hydroxylation sites is 1. The van der Waals surface area contributed by atoms with Crippen molar-refractivity contribution in [2.45, 2.75) is 20.5 Å². The van der Waals surface area contributed by atoms with Crippen molar-refractivity contribution >= 4 is 29.2 Å². The summed E-state index contributed by atoms with van der Waals surface area (Å²) >= 11 is 1.51. The zero-order valence-electron chi connectivity index (χ0n) is 14.4. The lowest BCUT2D eigenvalue weighted by Crippen LogP contribution is -2.41. The lowest BCUT2D eigenvalue weighted by Gasteiger charge is -2.10. The van der Waals surface area contributed by atoms with Gasteiger partial charge in [0.1, 0.15) is 17.9 Å². The van der Waals surface area contributed by atoms with Crippen LogP contribution in [0.1, 0.15) is 28.0 Å². The number of nitrogens with zero attached hydrogens (tertiary/aromatic N) is 1. The number of nitrogens with one attached hydrogen (secondary N) is 2. The molecule has 0 unspecified atom stereocenters. The van der Waals surface area contributed by atoms with Gasteiger partial charge in [-0.2, -0.15) is 0 Å². The Kier molecular flexibility index (Phi) is 7.10. The van der Waals surface area contributed by atoms with Crippen molar-refractivity contribution in [3.05, 3.63) is 45.9 Å². The molecule has 0 atom stereocenters. The molecule has 2 aromatic rings. The number of hydrogen-bond donors (Lipinski definition) is 2. The maximum absolute atomic E-state index is 12.2. The molecule has 1 aromatic carbocycles. The second-order valence-electron chi connectivity index (χ2n) is 5.13. The van der Waals surface area contributed by atoms with Crippen LogP contribution in [-0.2, 0) is 16.1 Å². The van der Waals surface area contributed by atoms with Crippen LogP contribution in [0, 0.1) is 6.92 Å². The predicted molar refractivity (Wildman–Crippen MR) is 95.1 cm³/mol. The van der Waals surface area contributed by atoms with Gasteiger partial charge in [-0.1, -0.05) is 12.1 Å². The van der Waals surface area contributed by atoms with Crippen LogP contribution in [0.5, 0.6) is 5.75 Å². The third-order valence-corrected chi connectivity index (χ3v) is 3.90. The Morgan fingerprint density at radius 2 is 2.00 bits per heavy atom. The summed E-state index contributed by atoms with van der Waals surface area (Å²) in [5.41, 5.74) is 0.947. The Morgan fingerprint density at radius 1 is 1.23 bits per heavy atom. The Balaban J connectivity index is 1.92. The van der Waals surface area contributed by atoms with Crippen molar-refractivity contribution in [1.82, 2.24) is 15.6 Å². The second-order valence-corrected chi connectivity index (χ2v) is 6.19.